The Bertz CT molecular complexity index is 1780. The number of nitrogens with one attached hydrogen (secondary N) is 3. The number of aryl methyl sites for hydroxylation is 1. The van der Waals surface area contributed by atoms with Crippen molar-refractivity contribution in [2.75, 3.05) is 39.5 Å². The Labute approximate surface area is 326 Å². The SMILES string of the molecule is Cc1ncsc1-c1ccc(CNC(=O)[C@@H]2C[C@@H](O)CN2C(=O)[C@H](C)NC(=O)CCOCCOCCC(=O)NCCC(c2ccccc2)c2ccccc2)cc1. The topological polar surface area (TPSA) is 159 Å². The highest BCUT2D eigenvalue weighted by Gasteiger charge is 2.40. The maximum Gasteiger partial charge on any atom is 0.245 e. The van der Waals surface area contributed by atoms with Crippen molar-refractivity contribution in [3.63, 3.8) is 0 Å². The molecule has 0 radical (unpaired) electrons. The summed E-state index contributed by atoms with van der Waals surface area (Å²) >= 11 is 1.57. The molecule has 4 N–H and O–H groups in total. The smallest absolute Gasteiger partial charge is 0.245 e. The zero-order chi connectivity index (χ0) is 39.0. The monoisotopic (exact) mass is 769 g/mol. The third-order valence-electron chi connectivity index (χ3n) is 9.52. The van der Waals surface area contributed by atoms with Crippen molar-refractivity contribution in [3.8, 4) is 10.4 Å². The number of thiazole rings is 1. The summed E-state index contributed by atoms with van der Waals surface area (Å²) < 4.78 is 11.1. The molecule has 3 atom stereocenters. The van der Waals surface area contributed by atoms with Crippen LogP contribution in [0.5, 0.6) is 0 Å². The van der Waals surface area contributed by atoms with Gasteiger partial charge in [-0.2, -0.15) is 0 Å². The standard InChI is InChI=1S/C42H51N5O7S/c1-29-40(55-28-45-29)34-15-13-31(14-16-34)26-44-41(51)37-25-35(48)27-47(37)42(52)30(2)46-39(50)19-22-54-24-23-53-21-18-38(49)43-20-17-36(32-9-5-3-6-10-32)33-11-7-4-8-12-33/h3-16,28,30,35-37,48H,17-27H2,1-2H3,(H,43,49)(H,44,51)(H,46,50)/t30-,35+,37-/m0/s1. The minimum absolute atomic E-state index is 0.00772. The van der Waals surface area contributed by atoms with Crippen LogP contribution in [0.2, 0.25) is 0 Å². The maximum absolute atomic E-state index is 13.3. The number of aliphatic hydroxyl groups excluding tert-OH is 1. The molecule has 0 spiro atoms. The second-order valence-corrected chi connectivity index (χ2v) is 14.5. The first kappa shape index (κ1) is 41.2. The summed E-state index contributed by atoms with van der Waals surface area (Å²) in [5, 5.41) is 18.9. The number of nitrogens with zero attached hydrogens (tertiary/aromatic N) is 2. The van der Waals surface area contributed by atoms with Crippen molar-refractivity contribution in [2.45, 2.75) is 70.2 Å². The molecule has 55 heavy (non-hydrogen) atoms. The van der Waals surface area contributed by atoms with Crippen LogP contribution in [0.1, 0.15) is 60.9 Å². The molecule has 1 aliphatic heterocycles. The molecule has 0 unspecified atom stereocenters. The van der Waals surface area contributed by atoms with Gasteiger partial charge < -0.3 is 35.4 Å². The summed E-state index contributed by atoms with van der Waals surface area (Å²) in [7, 11) is 0. The first-order valence-corrected chi connectivity index (χ1v) is 19.6. The van der Waals surface area contributed by atoms with Crippen LogP contribution in [0.3, 0.4) is 0 Å². The Morgan fingerprint density at radius 3 is 2.07 bits per heavy atom. The van der Waals surface area contributed by atoms with Crippen LogP contribution in [-0.2, 0) is 35.2 Å². The second kappa shape index (κ2) is 21.2. The van der Waals surface area contributed by atoms with Gasteiger partial charge in [-0.1, -0.05) is 84.9 Å². The second-order valence-electron chi connectivity index (χ2n) is 13.6. The van der Waals surface area contributed by atoms with Crippen molar-refractivity contribution in [2.24, 2.45) is 0 Å². The molecule has 1 aromatic heterocycles. The first-order valence-electron chi connectivity index (χ1n) is 18.8. The molecule has 2 heterocycles. The number of rotatable bonds is 20. The first-order chi connectivity index (χ1) is 26.7. The zero-order valence-corrected chi connectivity index (χ0v) is 32.3. The number of β-amino-alcohol motifs (C(OH)–C–C–N with tert-alkyl or cyclic N) is 1. The van der Waals surface area contributed by atoms with E-state index in [1.165, 1.54) is 16.0 Å². The number of carbonyl (C=O) groups is 4. The molecule has 1 fully saturated rings. The molecule has 12 nitrogen and oxygen atoms in total. The highest BCUT2D eigenvalue weighted by Crippen LogP contribution is 2.28. The van der Waals surface area contributed by atoms with Gasteiger partial charge in [0.05, 0.1) is 48.6 Å². The largest absolute Gasteiger partial charge is 0.391 e. The number of aromatic nitrogens is 1. The highest BCUT2D eigenvalue weighted by molar-refractivity contribution is 7.13. The molecule has 3 aromatic carbocycles. The fourth-order valence-electron chi connectivity index (χ4n) is 6.58. The summed E-state index contributed by atoms with van der Waals surface area (Å²) in [6.07, 6.45) is 0.313. The van der Waals surface area contributed by atoms with Crippen molar-refractivity contribution < 1.29 is 33.8 Å². The molecule has 4 aromatic rings. The quantitative estimate of drug-likeness (QED) is 0.0967. The molecule has 292 valence electrons. The average molecular weight is 770 g/mol. The molecule has 0 bridgehead atoms. The lowest BCUT2D eigenvalue weighted by Crippen LogP contribution is -2.52. The maximum atomic E-state index is 13.3. The van der Waals surface area contributed by atoms with Gasteiger partial charge in [0.2, 0.25) is 23.6 Å². The lowest BCUT2D eigenvalue weighted by atomic mass is 9.88. The van der Waals surface area contributed by atoms with E-state index < -0.39 is 24.1 Å². The van der Waals surface area contributed by atoms with Crippen molar-refractivity contribution in [1.29, 1.82) is 0 Å². The molecular weight excluding hydrogens is 719 g/mol. The van der Waals surface area contributed by atoms with Crippen LogP contribution in [0.15, 0.2) is 90.4 Å². The lowest BCUT2D eigenvalue weighted by Gasteiger charge is -2.27. The van der Waals surface area contributed by atoms with Gasteiger partial charge in [0.25, 0.3) is 0 Å². The predicted molar refractivity (Wildman–Crippen MR) is 211 cm³/mol. The Morgan fingerprint density at radius 2 is 1.47 bits per heavy atom. The van der Waals surface area contributed by atoms with Gasteiger partial charge in [-0.3, -0.25) is 19.2 Å². The molecule has 1 aliphatic rings. The van der Waals surface area contributed by atoms with Crippen LogP contribution in [0, 0.1) is 6.92 Å². The van der Waals surface area contributed by atoms with Crippen LogP contribution >= 0.6 is 11.3 Å². The van der Waals surface area contributed by atoms with E-state index in [2.05, 4.69) is 45.2 Å². The third-order valence-corrected chi connectivity index (χ3v) is 10.5. The molecule has 0 aliphatic carbocycles. The number of likely N-dealkylation sites (tertiary alicyclic amines) is 1. The zero-order valence-electron chi connectivity index (χ0n) is 31.4. The highest BCUT2D eigenvalue weighted by atomic mass is 32.1. The Morgan fingerprint density at radius 1 is 0.855 bits per heavy atom. The van der Waals surface area contributed by atoms with Crippen LogP contribution in [0.25, 0.3) is 10.4 Å². The number of amides is 4. The third kappa shape index (κ3) is 12.5. The molecule has 4 amide bonds. The van der Waals surface area contributed by atoms with Crippen LogP contribution in [0.4, 0.5) is 0 Å². The molecule has 1 saturated heterocycles. The van der Waals surface area contributed by atoms with E-state index in [9.17, 15) is 24.3 Å². The van der Waals surface area contributed by atoms with Gasteiger partial charge in [0.1, 0.15) is 12.1 Å². The normalized spacial score (nSPS) is 15.8. The fourth-order valence-corrected chi connectivity index (χ4v) is 7.39. The summed E-state index contributed by atoms with van der Waals surface area (Å²) in [6.45, 7) is 5.24. The number of ether oxygens (including phenoxy) is 2. The average Bonchev–Trinajstić information content (AvgIpc) is 3.82. The van der Waals surface area contributed by atoms with Gasteiger partial charge in [0.15, 0.2) is 0 Å². The Balaban J connectivity index is 0.924. The number of hydrogen-bond acceptors (Lipinski definition) is 9. The van der Waals surface area contributed by atoms with E-state index in [4.69, 9.17) is 9.47 Å². The molecule has 0 saturated carbocycles. The van der Waals surface area contributed by atoms with E-state index in [1.807, 2.05) is 73.1 Å². The molecular formula is C42H51N5O7S. The number of benzene rings is 3. The Kier molecular flexibility index (Phi) is 15.9. The van der Waals surface area contributed by atoms with Crippen LogP contribution in [-0.4, -0.2) is 96.3 Å². The number of aliphatic hydroxyl groups is 1. The fraction of sp³-hybridized carbons (Fsp3) is 0.405. The Hall–Kier alpha value is -4.95. The van der Waals surface area contributed by atoms with Crippen molar-refractivity contribution >= 4 is 35.0 Å². The van der Waals surface area contributed by atoms with Crippen LogP contribution < -0.4 is 16.0 Å². The van der Waals surface area contributed by atoms with E-state index in [0.29, 0.717) is 6.54 Å². The summed E-state index contributed by atoms with van der Waals surface area (Å²) in [6, 6.07) is 26.6. The van der Waals surface area contributed by atoms with E-state index >= 15 is 0 Å². The number of hydrogen-bond donors (Lipinski definition) is 4. The van der Waals surface area contributed by atoms with Gasteiger partial charge >= 0.3 is 0 Å². The lowest BCUT2D eigenvalue weighted by molar-refractivity contribution is -0.141. The molecule has 5 rings (SSSR count). The summed E-state index contributed by atoms with van der Waals surface area (Å²) in [5.74, 6) is -1.08. The number of carbonyl (C=O) groups excluding carboxylic acids is 4. The van der Waals surface area contributed by atoms with E-state index in [1.54, 1.807) is 18.3 Å². The minimum atomic E-state index is -0.895. The van der Waals surface area contributed by atoms with Gasteiger partial charge in [-0.25, -0.2) is 4.98 Å². The van der Waals surface area contributed by atoms with Gasteiger partial charge in [-0.15, -0.1) is 11.3 Å². The van der Waals surface area contributed by atoms with Gasteiger partial charge in [0, 0.05) is 44.8 Å². The van der Waals surface area contributed by atoms with Crippen molar-refractivity contribution in [1.82, 2.24) is 25.8 Å². The predicted octanol–water partition coefficient (Wildman–Crippen LogP) is 4.35. The van der Waals surface area contributed by atoms with E-state index in [-0.39, 0.29) is 82.4 Å². The summed E-state index contributed by atoms with van der Waals surface area (Å²) in [4.78, 5) is 58.1. The molecule has 13 heteroatoms. The van der Waals surface area contributed by atoms with Crippen molar-refractivity contribution in [3.05, 3.63) is 113 Å². The van der Waals surface area contributed by atoms with Gasteiger partial charge in [-0.05, 0) is 42.5 Å². The summed E-state index contributed by atoms with van der Waals surface area (Å²) in [5.41, 5.74) is 7.15. The minimum Gasteiger partial charge on any atom is -0.391 e. The van der Waals surface area contributed by atoms with E-state index in [0.717, 1.165) is 28.1 Å².